The van der Waals surface area contributed by atoms with Gasteiger partial charge in [-0.25, -0.2) is 19.3 Å². The van der Waals surface area contributed by atoms with Crippen LogP contribution >= 0.6 is 11.3 Å². The van der Waals surface area contributed by atoms with Crippen LogP contribution in [0.25, 0.3) is 21.8 Å². The van der Waals surface area contributed by atoms with Crippen molar-refractivity contribution in [3.63, 3.8) is 0 Å². The topological polar surface area (TPSA) is 41.9 Å². The lowest BCUT2D eigenvalue weighted by molar-refractivity contribution is 0.438. The molecule has 0 atom stereocenters. The highest BCUT2D eigenvalue weighted by Crippen LogP contribution is 2.48. The highest BCUT2D eigenvalue weighted by Gasteiger charge is 2.31. The molecule has 5 rings (SSSR count). The zero-order valence-electron chi connectivity index (χ0n) is 15.9. The van der Waals surface area contributed by atoms with Crippen molar-refractivity contribution in [2.75, 3.05) is 18.0 Å². The van der Waals surface area contributed by atoms with Crippen molar-refractivity contribution in [2.24, 2.45) is 5.92 Å². The Kier molecular flexibility index (Phi) is 4.59. The third-order valence-electron chi connectivity index (χ3n) is 5.73. The van der Waals surface area contributed by atoms with Crippen molar-refractivity contribution in [1.82, 2.24) is 15.0 Å². The summed E-state index contributed by atoms with van der Waals surface area (Å²) in [7, 11) is 0. The molecule has 3 heterocycles. The first-order valence-electron chi connectivity index (χ1n) is 9.94. The number of hydrogen-bond donors (Lipinski definition) is 0. The van der Waals surface area contributed by atoms with E-state index in [2.05, 4.69) is 28.1 Å². The fourth-order valence-corrected chi connectivity index (χ4v) is 4.96. The van der Waals surface area contributed by atoms with Crippen molar-refractivity contribution in [1.29, 1.82) is 0 Å². The number of thiazole rings is 1. The molecule has 28 heavy (non-hydrogen) atoms. The van der Waals surface area contributed by atoms with Gasteiger partial charge in [0.15, 0.2) is 11.5 Å². The number of nitrogens with zero attached hydrogens (tertiary/aromatic N) is 4. The van der Waals surface area contributed by atoms with E-state index >= 15 is 0 Å². The van der Waals surface area contributed by atoms with E-state index in [0.29, 0.717) is 17.2 Å². The van der Waals surface area contributed by atoms with E-state index in [1.54, 1.807) is 23.5 Å². The van der Waals surface area contributed by atoms with Gasteiger partial charge >= 0.3 is 0 Å². The van der Waals surface area contributed by atoms with Crippen molar-refractivity contribution >= 4 is 16.5 Å². The first kappa shape index (κ1) is 17.7. The van der Waals surface area contributed by atoms with Crippen LogP contribution in [0.3, 0.4) is 0 Å². The van der Waals surface area contributed by atoms with Crippen molar-refractivity contribution in [3.05, 3.63) is 48.2 Å². The molecule has 2 aliphatic rings. The van der Waals surface area contributed by atoms with Gasteiger partial charge in [-0.05, 0) is 49.7 Å². The van der Waals surface area contributed by atoms with Crippen molar-refractivity contribution in [3.8, 4) is 21.8 Å². The van der Waals surface area contributed by atoms with E-state index in [9.17, 15) is 4.39 Å². The summed E-state index contributed by atoms with van der Waals surface area (Å²) in [5.41, 5.74) is 3.22. The van der Waals surface area contributed by atoms with Crippen LogP contribution in [-0.4, -0.2) is 28.0 Å². The lowest BCUT2D eigenvalue weighted by atomic mass is 10.00. The molecule has 1 aliphatic carbocycles. The highest BCUT2D eigenvalue weighted by atomic mass is 32.1. The first-order chi connectivity index (χ1) is 13.7. The predicted octanol–water partition coefficient (Wildman–Crippen LogP) is 5.32. The number of aromatic nitrogens is 3. The average Bonchev–Trinajstić information content (AvgIpc) is 3.48. The second kappa shape index (κ2) is 7.24. The second-order valence-corrected chi connectivity index (χ2v) is 8.85. The Morgan fingerprint density at radius 3 is 2.64 bits per heavy atom. The number of halogens is 1. The molecule has 1 saturated heterocycles. The van der Waals surface area contributed by atoms with Gasteiger partial charge < -0.3 is 4.90 Å². The molecule has 6 heteroatoms. The Balaban J connectivity index is 1.64. The third kappa shape index (κ3) is 3.30. The van der Waals surface area contributed by atoms with Gasteiger partial charge in [-0.2, -0.15) is 0 Å². The Morgan fingerprint density at radius 1 is 1.11 bits per heavy atom. The van der Waals surface area contributed by atoms with E-state index < -0.39 is 0 Å². The molecule has 1 saturated carbocycles. The van der Waals surface area contributed by atoms with Gasteiger partial charge in [0, 0.05) is 30.4 Å². The largest absolute Gasteiger partial charge is 0.348 e. The second-order valence-electron chi connectivity index (χ2n) is 7.87. The molecule has 2 fully saturated rings. The maximum Gasteiger partial charge on any atom is 0.198 e. The Labute approximate surface area is 168 Å². The van der Waals surface area contributed by atoms with Crippen LogP contribution in [0.1, 0.15) is 44.1 Å². The van der Waals surface area contributed by atoms with Crippen molar-refractivity contribution in [2.45, 2.75) is 38.5 Å². The molecular formula is C22H22FN4S. The summed E-state index contributed by atoms with van der Waals surface area (Å²) in [6, 6.07) is 6.87. The zero-order valence-corrected chi connectivity index (χ0v) is 16.7. The molecule has 4 nitrogen and oxygen atoms in total. The van der Waals surface area contributed by atoms with Gasteiger partial charge in [0.05, 0.1) is 16.3 Å². The van der Waals surface area contributed by atoms with Crippen LogP contribution in [0.5, 0.6) is 0 Å². The molecule has 0 bridgehead atoms. The van der Waals surface area contributed by atoms with Gasteiger partial charge in [0.2, 0.25) is 0 Å². The smallest absolute Gasteiger partial charge is 0.198 e. The molecule has 1 aliphatic heterocycles. The first-order valence-corrected chi connectivity index (χ1v) is 10.8. The maximum absolute atomic E-state index is 14.7. The summed E-state index contributed by atoms with van der Waals surface area (Å²) in [6.07, 6.45) is 9.26. The molecule has 143 valence electrons. The Morgan fingerprint density at radius 2 is 1.89 bits per heavy atom. The van der Waals surface area contributed by atoms with Gasteiger partial charge in [0.25, 0.3) is 0 Å². The van der Waals surface area contributed by atoms with Crippen molar-refractivity contribution < 1.29 is 4.39 Å². The third-order valence-corrected chi connectivity index (χ3v) is 6.85. The van der Waals surface area contributed by atoms with E-state index in [1.165, 1.54) is 18.9 Å². The van der Waals surface area contributed by atoms with E-state index in [0.717, 1.165) is 53.1 Å². The van der Waals surface area contributed by atoms with Crippen LogP contribution in [0.15, 0.2) is 30.5 Å². The molecule has 0 amide bonds. The number of hydrogen-bond acceptors (Lipinski definition) is 5. The molecule has 3 aromatic rings. The molecular weight excluding hydrogens is 371 g/mol. The summed E-state index contributed by atoms with van der Waals surface area (Å²) in [5, 5.41) is 0.959. The molecule has 1 aromatic carbocycles. The number of rotatable bonds is 4. The fourth-order valence-electron chi connectivity index (χ4n) is 3.82. The van der Waals surface area contributed by atoms with Gasteiger partial charge in [-0.3, -0.25) is 0 Å². The van der Waals surface area contributed by atoms with E-state index in [-0.39, 0.29) is 5.82 Å². The summed E-state index contributed by atoms with van der Waals surface area (Å²) in [6.45, 7) is 4.29. The maximum atomic E-state index is 14.7. The van der Waals surface area contributed by atoms with Crippen LogP contribution in [-0.2, 0) is 0 Å². The summed E-state index contributed by atoms with van der Waals surface area (Å²) >= 11 is 1.62. The highest BCUT2D eigenvalue weighted by molar-refractivity contribution is 7.19. The molecule has 0 N–H and O–H groups in total. The number of anilines is 1. The Hall–Kier alpha value is -2.34. The lowest BCUT2D eigenvalue weighted by Crippen LogP contribution is -2.32. The minimum absolute atomic E-state index is 0.251. The minimum Gasteiger partial charge on any atom is -0.348 e. The van der Waals surface area contributed by atoms with Crippen LogP contribution in [0.2, 0.25) is 0 Å². The molecule has 2 aromatic heterocycles. The van der Waals surface area contributed by atoms with E-state index in [1.807, 2.05) is 12.3 Å². The molecule has 0 spiro atoms. The van der Waals surface area contributed by atoms with Gasteiger partial charge in [0.1, 0.15) is 5.82 Å². The normalized spacial score (nSPS) is 17.9. The molecule has 1 radical (unpaired) electrons. The van der Waals surface area contributed by atoms with E-state index in [4.69, 9.17) is 4.98 Å². The number of benzene rings is 1. The average molecular weight is 394 g/mol. The van der Waals surface area contributed by atoms with Crippen LogP contribution in [0, 0.1) is 18.1 Å². The lowest BCUT2D eigenvalue weighted by Gasteiger charge is -2.29. The standard InChI is InChI=1S/C22H22FN4S/c1-14-8-10-27(11-9-14)22-26-20(16-4-2-3-5-18(16)23)21(28-22)19-17(15-6-7-15)12-24-13-25-19/h2-5,12,14-15H,6-11H2,1H3. The van der Waals surface area contributed by atoms with Crippen LogP contribution in [0.4, 0.5) is 9.52 Å². The minimum atomic E-state index is -0.251. The quantitative estimate of drug-likeness (QED) is 0.602. The number of piperidine rings is 1. The summed E-state index contributed by atoms with van der Waals surface area (Å²) in [4.78, 5) is 16.8. The fraction of sp³-hybridized carbons (Fsp3) is 0.409. The summed E-state index contributed by atoms with van der Waals surface area (Å²) < 4.78 is 14.7. The predicted molar refractivity (Wildman–Crippen MR) is 110 cm³/mol. The SMILES string of the molecule is CC1CCN(c2nc(-c3ccccc3F)c(-c3n[c]ncc3C3CC3)s2)CC1. The molecule has 0 unspecified atom stereocenters. The summed E-state index contributed by atoms with van der Waals surface area (Å²) in [5.74, 6) is 0.998. The van der Waals surface area contributed by atoms with Gasteiger partial charge in [-0.1, -0.05) is 30.4 Å². The zero-order chi connectivity index (χ0) is 19.1. The van der Waals surface area contributed by atoms with Crippen LogP contribution < -0.4 is 4.90 Å². The monoisotopic (exact) mass is 393 g/mol. The van der Waals surface area contributed by atoms with Gasteiger partial charge in [-0.15, -0.1) is 0 Å². The Bertz CT molecular complexity index is 990.